The Morgan fingerprint density at radius 1 is 1.63 bits per heavy atom. The van der Waals surface area contributed by atoms with Crippen LogP contribution in [0.1, 0.15) is 37.9 Å². The van der Waals surface area contributed by atoms with Crippen molar-refractivity contribution in [1.29, 1.82) is 0 Å². The Hall–Kier alpha value is -0.170. The molecule has 3 heterocycles. The smallest absolute Gasteiger partial charge is 0.0915 e. The van der Waals surface area contributed by atoms with Crippen LogP contribution in [-0.2, 0) is 4.74 Å². The highest BCUT2D eigenvalue weighted by Gasteiger charge is 2.43. The van der Waals surface area contributed by atoms with Crippen LogP contribution in [0.3, 0.4) is 0 Å². The summed E-state index contributed by atoms with van der Waals surface area (Å²) in [6.07, 6.45) is 5.42. The average molecular weight is 299 g/mol. The monoisotopic (exact) mass is 299 g/mol. The van der Waals surface area contributed by atoms with Crippen molar-refractivity contribution in [2.75, 3.05) is 24.7 Å². The van der Waals surface area contributed by atoms with Gasteiger partial charge >= 0.3 is 0 Å². The molecule has 1 aromatic rings. The number of nitrogens with one attached hydrogen (secondary N) is 1. The maximum atomic E-state index is 6.12. The number of thioether (sulfide) groups is 1. The van der Waals surface area contributed by atoms with Crippen LogP contribution in [0.25, 0.3) is 0 Å². The van der Waals surface area contributed by atoms with Gasteiger partial charge in [0.1, 0.15) is 0 Å². The molecule has 1 N–H and O–H groups in total. The summed E-state index contributed by atoms with van der Waals surface area (Å²) >= 11 is 3.34. The van der Waals surface area contributed by atoms with Gasteiger partial charge in [0.15, 0.2) is 0 Å². The predicted octanol–water partition coefficient (Wildman–Crippen LogP) is 2.49. The van der Waals surface area contributed by atoms with E-state index < -0.39 is 0 Å². The zero-order valence-corrected chi connectivity index (χ0v) is 12.9. The zero-order chi connectivity index (χ0) is 13.1. The van der Waals surface area contributed by atoms with Gasteiger partial charge in [-0.1, -0.05) is 6.92 Å². The molecule has 0 aromatic carbocycles. The molecule has 106 valence electrons. The minimum absolute atomic E-state index is 0.144. The third-order valence-corrected chi connectivity index (χ3v) is 5.91. The van der Waals surface area contributed by atoms with E-state index >= 15 is 0 Å². The molecule has 1 spiro atoms. The summed E-state index contributed by atoms with van der Waals surface area (Å²) in [6, 6.07) is 0.343. The quantitative estimate of drug-likeness (QED) is 0.925. The summed E-state index contributed by atoms with van der Waals surface area (Å²) in [5, 5.41) is 3.60. The molecular formula is C13H21N3OS2. The van der Waals surface area contributed by atoms with E-state index in [2.05, 4.69) is 21.0 Å². The molecule has 2 fully saturated rings. The molecule has 2 saturated heterocycles. The minimum atomic E-state index is 0.144. The summed E-state index contributed by atoms with van der Waals surface area (Å²) in [4.78, 5) is 0. The summed E-state index contributed by atoms with van der Waals surface area (Å²) in [7, 11) is 0. The lowest BCUT2D eigenvalue weighted by Crippen LogP contribution is -2.43. The summed E-state index contributed by atoms with van der Waals surface area (Å²) in [5.74, 6) is 3.03. The highest BCUT2D eigenvalue weighted by molar-refractivity contribution is 7.99. The molecule has 0 aliphatic carbocycles. The first-order valence-corrected chi connectivity index (χ1v) is 8.94. The van der Waals surface area contributed by atoms with Crippen LogP contribution in [-0.4, -0.2) is 39.0 Å². The van der Waals surface area contributed by atoms with Crippen molar-refractivity contribution in [2.45, 2.75) is 37.8 Å². The first kappa shape index (κ1) is 13.8. The SMILES string of the molecule is CCNC(c1cnsn1)C1CCOC2(CCSC2)C1. The lowest BCUT2D eigenvalue weighted by molar-refractivity contribution is -0.0855. The van der Waals surface area contributed by atoms with E-state index in [1.54, 1.807) is 0 Å². The van der Waals surface area contributed by atoms with Crippen molar-refractivity contribution in [1.82, 2.24) is 14.1 Å². The van der Waals surface area contributed by atoms with Crippen LogP contribution in [0.15, 0.2) is 6.20 Å². The minimum Gasteiger partial charge on any atom is -0.374 e. The number of ether oxygens (including phenoxy) is 1. The van der Waals surface area contributed by atoms with Gasteiger partial charge in [0.25, 0.3) is 0 Å². The Morgan fingerprint density at radius 3 is 3.26 bits per heavy atom. The van der Waals surface area contributed by atoms with Gasteiger partial charge in [-0.15, -0.1) is 0 Å². The Morgan fingerprint density at radius 2 is 2.58 bits per heavy atom. The van der Waals surface area contributed by atoms with Gasteiger partial charge in [-0.2, -0.15) is 20.5 Å². The maximum absolute atomic E-state index is 6.12. The fraction of sp³-hybridized carbons (Fsp3) is 0.846. The number of hydrogen-bond donors (Lipinski definition) is 1. The first-order valence-electron chi connectivity index (χ1n) is 7.05. The number of nitrogens with zero attached hydrogens (tertiary/aromatic N) is 2. The lowest BCUT2D eigenvalue weighted by atomic mass is 9.80. The molecule has 0 saturated carbocycles. The van der Waals surface area contributed by atoms with Crippen molar-refractivity contribution in [3.8, 4) is 0 Å². The van der Waals surface area contributed by atoms with Gasteiger partial charge in [-0.05, 0) is 37.5 Å². The second kappa shape index (κ2) is 6.08. The van der Waals surface area contributed by atoms with E-state index in [4.69, 9.17) is 4.74 Å². The number of hydrogen-bond acceptors (Lipinski definition) is 6. The van der Waals surface area contributed by atoms with Crippen LogP contribution in [0.5, 0.6) is 0 Å². The molecule has 3 atom stereocenters. The van der Waals surface area contributed by atoms with Crippen molar-refractivity contribution >= 4 is 23.5 Å². The van der Waals surface area contributed by atoms with Crippen LogP contribution in [0.4, 0.5) is 0 Å². The van der Waals surface area contributed by atoms with E-state index in [1.807, 2.05) is 18.0 Å². The van der Waals surface area contributed by atoms with Gasteiger partial charge < -0.3 is 10.1 Å². The predicted molar refractivity (Wildman–Crippen MR) is 79.7 cm³/mol. The van der Waals surface area contributed by atoms with E-state index in [0.29, 0.717) is 12.0 Å². The second-order valence-corrected chi connectivity index (χ2v) is 7.12. The van der Waals surface area contributed by atoms with E-state index in [1.165, 1.54) is 23.9 Å². The highest BCUT2D eigenvalue weighted by atomic mass is 32.2. The van der Waals surface area contributed by atoms with E-state index in [-0.39, 0.29) is 5.60 Å². The Labute approximate surface area is 123 Å². The first-order chi connectivity index (χ1) is 9.33. The fourth-order valence-electron chi connectivity index (χ4n) is 3.26. The Kier molecular flexibility index (Phi) is 4.41. The lowest BCUT2D eigenvalue weighted by Gasteiger charge is -2.40. The van der Waals surface area contributed by atoms with Gasteiger partial charge in [-0.3, -0.25) is 0 Å². The van der Waals surface area contributed by atoms with Crippen LogP contribution in [0.2, 0.25) is 0 Å². The van der Waals surface area contributed by atoms with Gasteiger partial charge in [0.2, 0.25) is 0 Å². The molecule has 2 aliphatic heterocycles. The van der Waals surface area contributed by atoms with Gasteiger partial charge in [-0.25, -0.2) is 0 Å². The van der Waals surface area contributed by atoms with Crippen molar-refractivity contribution in [2.24, 2.45) is 5.92 Å². The number of aromatic nitrogens is 2. The largest absolute Gasteiger partial charge is 0.374 e. The van der Waals surface area contributed by atoms with E-state index in [9.17, 15) is 0 Å². The third-order valence-electron chi connectivity index (χ3n) is 4.19. The molecule has 1 aromatic heterocycles. The fourth-order valence-corrected chi connectivity index (χ4v) is 5.09. The molecule has 0 bridgehead atoms. The normalized spacial score (nSPS) is 32.8. The molecule has 6 heteroatoms. The maximum Gasteiger partial charge on any atom is 0.0915 e. The van der Waals surface area contributed by atoms with Crippen molar-refractivity contribution < 1.29 is 4.74 Å². The van der Waals surface area contributed by atoms with Crippen LogP contribution in [0, 0.1) is 5.92 Å². The standard InChI is InChI=1S/C13H21N3OS2/c1-2-14-12(11-8-15-19-16-11)10-3-5-17-13(7-10)4-6-18-9-13/h8,10,12,14H,2-7,9H2,1H3. The molecule has 0 radical (unpaired) electrons. The average Bonchev–Trinajstić information content (AvgIpc) is 3.08. The molecular weight excluding hydrogens is 278 g/mol. The summed E-state index contributed by atoms with van der Waals surface area (Å²) in [6.45, 7) is 4.03. The molecule has 4 nitrogen and oxygen atoms in total. The summed E-state index contributed by atoms with van der Waals surface area (Å²) < 4.78 is 14.7. The second-order valence-electron chi connectivity index (χ2n) is 5.45. The van der Waals surface area contributed by atoms with Crippen molar-refractivity contribution in [3.05, 3.63) is 11.9 Å². The highest BCUT2D eigenvalue weighted by Crippen LogP contribution is 2.43. The van der Waals surface area contributed by atoms with E-state index in [0.717, 1.165) is 37.4 Å². The number of rotatable bonds is 4. The van der Waals surface area contributed by atoms with Crippen LogP contribution < -0.4 is 5.32 Å². The summed E-state index contributed by atoms with van der Waals surface area (Å²) in [5.41, 5.74) is 1.25. The van der Waals surface area contributed by atoms with Gasteiger partial charge in [0, 0.05) is 12.4 Å². The molecule has 2 aliphatic rings. The molecule has 3 rings (SSSR count). The van der Waals surface area contributed by atoms with Crippen molar-refractivity contribution in [3.63, 3.8) is 0 Å². The van der Waals surface area contributed by atoms with Gasteiger partial charge in [0.05, 0.1) is 35.3 Å². The Balaban J connectivity index is 1.74. The topological polar surface area (TPSA) is 47.0 Å². The Bertz CT molecular complexity index is 393. The third kappa shape index (κ3) is 2.96. The van der Waals surface area contributed by atoms with Crippen LogP contribution >= 0.6 is 23.5 Å². The molecule has 0 amide bonds. The molecule has 19 heavy (non-hydrogen) atoms. The zero-order valence-electron chi connectivity index (χ0n) is 11.3. The molecule has 3 unspecified atom stereocenters.